The van der Waals surface area contributed by atoms with Gasteiger partial charge in [-0.1, -0.05) is 11.6 Å². The molecule has 0 fully saturated rings. The molecule has 0 spiro atoms. The second kappa shape index (κ2) is 7.13. The molecule has 0 heterocycles. The summed E-state index contributed by atoms with van der Waals surface area (Å²) in [4.78, 5) is 0. The van der Waals surface area contributed by atoms with E-state index >= 15 is 0 Å². The Hall–Kier alpha value is 0.0200. The van der Waals surface area contributed by atoms with E-state index in [0.29, 0.717) is 0 Å². The number of allylic oxidation sites excluding steroid dienone is 2. The molecule has 0 amide bonds. The number of rotatable bonds is 5. The average Bonchev–Trinajstić information content (AvgIpc) is 1.89. The van der Waals surface area contributed by atoms with Crippen LogP contribution in [0.25, 0.3) is 0 Å². The number of hydrogen-bond donors (Lipinski definition) is 0. The predicted octanol–water partition coefficient (Wildman–Crippen LogP) is 3.05. The highest BCUT2D eigenvalue weighted by atomic mass is 32.2. The van der Waals surface area contributed by atoms with Crippen molar-refractivity contribution in [2.24, 2.45) is 0 Å². The third-order valence-corrected chi connectivity index (χ3v) is 2.04. The lowest BCUT2D eigenvalue weighted by Gasteiger charge is -1.97. The molecular weight excluding hydrogens is 147 g/mol. The van der Waals surface area contributed by atoms with Crippen LogP contribution in [0.15, 0.2) is 11.6 Å². The first-order chi connectivity index (χ1) is 4.81. The molecule has 0 aliphatic rings. The number of thioether (sulfide) groups is 1. The van der Waals surface area contributed by atoms with E-state index in [0.717, 1.165) is 6.42 Å². The van der Waals surface area contributed by atoms with E-state index in [1.807, 2.05) is 18.7 Å². The Balaban J connectivity index is 3.21. The van der Waals surface area contributed by atoms with Gasteiger partial charge in [0.15, 0.2) is 0 Å². The van der Waals surface area contributed by atoms with Crippen LogP contribution in [0.2, 0.25) is 0 Å². The van der Waals surface area contributed by atoms with Crippen LogP contribution in [-0.2, 0) is 0 Å². The molecule has 0 nitrogen and oxygen atoms in total. The van der Waals surface area contributed by atoms with Crippen LogP contribution in [0.1, 0.15) is 19.8 Å². The van der Waals surface area contributed by atoms with Crippen molar-refractivity contribution in [3.8, 4) is 0 Å². The SMILES string of the molecule is CSCCC/C(C)=C/CF. The van der Waals surface area contributed by atoms with Crippen LogP contribution in [0.3, 0.4) is 0 Å². The first-order valence-corrected chi connectivity index (χ1v) is 4.91. The summed E-state index contributed by atoms with van der Waals surface area (Å²) < 4.78 is 11.7. The van der Waals surface area contributed by atoms with Crippen LogP contribution in [0.5, 0.6) is 0 Å². The van der Waals surface area contributed by atoms with E-state index in [1.165, 1.54) is 17.7 Å². The third-order valence-electron chi connectivity index (χ3n) is 1.35. The number of hydrogen-bond acceptors (Lipinski definition) is 1. The molecule has 10 heavy (non-hydrogen) atoms. The van der Waals surface area contributed by atoms with E-state index in [-0.39, 0.29) is 6.67 Å². The third kappa shape index (κ3) is 6.14. The van der Waals surface area contributed by atoms with E-state index < -0.39 is 0 Å². The van der Waals surface area contributed by atoms with Gasteiger partial charge in [0, 0.05) is 0 Å². The van der Waals surface area contributed by atoms with Crippen molar-refractivity contribution >= 4 is 11.8 Å². The minimum absolute atomic E-state index is 0.314. The standard InChI is InChI=1S/C8H15FS/c1-8(5-6-9)4-3-7-10-2/h5H,3-4,6-7H2,1-2H3/b8-5+. The zero-order valence-corrected chi connectivity index (χ0v) is 7.51. The predicted molar refractivity (Wildman–Crippen MR) is 47.3 cm³/mol. The molecule has 0 aromatic rings. The van der Waals surface area contributed by atoms with Gasteiger partial charge in [-0.2, -0.15) is 11.8 Å². The second-order valence-corrected chi connectivity index (χ2v) is 3.29. The Bertz CT molecular complexity index is 99.4. The minimum atomic E-state index is -0.314. The Morgan fingerprint density at radius 3 is 2.80 bits per heavy atom. The Morgan fingerprint density at radius 2 is 2.30 bits per heavy atom. The van der Waals surface area contributed by atoms with Crippen molar-refractivity contribution < 1.29 is 4.39 Å². The molecular formula is C8H15FS. The zero-order valence-electron chi connectivity index (χ0n) is 6.69. The van der Waals surface area contributed by atoms with Crippen LogP contribution in [-0.4, -0.2) is 18.7 Å². The van der Waals surface area contributed by atoms with Gasteiger partial charge in [-0.25, -0.2) is 4.39 Å². The van der Waals surface area contributed by atoms with Crippen molar-refractivity contribution in [1.29, 1.82) is 0 Å². The highest BCUT2D eigenvalue weighted by Crippen LogP contribution is 2.06. The summed E-state index contributed by atoms with van der Waals surface area (Å²) in [5.41, 5.74) is 1.18. The van der Waals surface area contributed by atoms with Crippen molar-refractivity contribution in [3.05, 3.63) is 11.6 Å². The fourth-order valence-corrected chi connectivity index (χ4v) is 1.16. The molecule has 0 aromatic heterocycles. The topological polar surface area (TPSA) is 0 Å². The fourth-order valence-electron chi connectivity index (χ4n) is 0.729. The first-order valence-electron chi connectivity index (χ1n) is 3.51. The maximum Gasteiger partial charge on any atom is 0.108 e. The van der Waals surface area contributed by atoms with Crippen molar-refractivity contribution in [3.63, 3.8) is 0 Å². The molecule has 0 N–H and O–H groups in total. The summed E-state index contributed by atoms with van der Waals surface area (Å²) in [6, 6.07) is 0. The van der Waals surface area contributed by atoms with Crippen molar-refractivity contribution in [2.45, 2.75) is 19.8 Å². The molecule has 0 rings (SSSR count). The lowest BCUT2D eigenvalue weighted by Crippen LogP contribution is -1.82. The van der Waals surface area contributed by atoms with Gasteiger partial charge in [0.1, 0.15) is 6.67 Å². The normalized spacial score (nSPS) is 12.1. The molecule has 0 saturated carbocycles. The van der Waals surface area contributed by atoms with Gasteiger partial charge in [-0.05, 0) is 31.8 Å². The summed E-state index contributed by atoms with van der Waals surface area (Å²) in [6.45, 7) is 1.67. The summed E-state index contributed by atoms with van der Waals surface area (Å²) in [6.07, 6.45) is 5.96. The lowest BCUT2D eigenvalue weighted by atomic mass is 10.2. The highest BCUT2D eigenvalue weighted by molar-refractivity contribution is 7.98. The maximum absolute atomic E-state index is 11.7. The Morgan fingerprint density at radius 1 is 1.60 bits per heavy atom. The Labute approximate surface area is 66.9 Å². The van der Waals surface area contributed by atoms with Gasteiger partial charge in [0.2, 0.25) is 0 Å². The van der Waals surface area contributed by atoms with Crippen LogP contribution < -0.4 is 0 Å². The molecule has 0 saturated heterocycles. The van der Waals surface area contributed by atoms with Gasteiger partial charge in [-0.3, -0.25) is 0 Å². The van der Waals surface area contributed by atoms with E-state index in [9.17, 15) is 4.39 Å². The minimum Gasteiger partial charge on any atom is -0.247 e. The van der Waals surface area contributed by atoms with Crippen molar-refractivity contribution in [1.82, 2.24) is 0 Å². The summed E-state index contributed by atoms with van der Waals surface area (Å²) >= 11 is 1.84. The van der Waals surface area contributed by atoms with E-state index in [4.69, 9.17) is 0 Å². The van der Waals surface area contributed by atoms with Crippen LogP contribution in [0.4, 0.5) is 4.39 Å². The summed E-state index contributed by atoms with van der Waals surface area (Å²) in [5.74, 6) is 1.18. The molecule has 0 aliphatic heterocycles. The van der Waals surface area contributed by atoms with Gasteiger partial charge < -0.3 is 0 Å². The second-order valence-electron chi connectivity index (χ2n) is 2.30. The smallest absolute Gasteiger partial charge is 0.108 e. The Kier molecular flexibility index (Phi) is 7.15. The molecule has 0 unspecified atom stereocenters. The maximum atomic E-state index is 11.7. The molecule has 2 heteroatoms. The largest absolute Gasteiger partial charge is 0.247 e. The quantitative estimate of drug-likeness (QED) is 0.442. The van der Waals surface area contributed by atoms with Gasteiger partial charge in [0.05, 0.1) is 0 Å². The summed E-state index contributed by atoms with van der Waals surface area (Å²) in [7, 11) is 0. The van der Waals surface area contributed by atoms with E-state index in [1.54, 1.807) is 6.08 Å². The van der Waals surface area contributed by atoms with Gasteiger partial charge >= 0.3 is 0 Å². The molecule has 0 atom stereocenters. The first kappa shape index (κ1) is 10.0. The fraction of sp³-hybridized carbons (Fsp3) is 0.750. The van der Waals surface area contributed by atoms with Gasteiger partial charge in [0.25, 0.3) is 0 Å². The van der Waals surface area contributed by atoms with Crippen LogP contribution >= 0.6 is 11.8 Å². The molecule has 0 bridgehead atoms. The molecule has 0 aromatic carbocycles. The van der Waals surface area contributed by atoms with Crippen LogP contribution in [0, 0.1) is 0 Å². The highest BCUT2D eigenvalue weighted by Gasteiger charge is 1.88. The zero-order chi connectivity index (χ0) is 7.82. The van der Waals surface area contributed by atoms with Gasteiger partial charge in [-0.15, -0.1) is 0 Å². The number of alkyl halides is 1. The number of halogens is 1. The lowest BCUT2D eigenvalue weighted by molar-refractivity contribution is 0.558. The average molecular weight is 162 g/mol. The summed E-state index contributed by atoms with van der Waals surface area (Å²) in [5, 5.41) is 0. The molecule has 0 aliphatic carbocycles. The molecule has 0 radical (unpaired) electrons. The van der Waals surface area contributed by atoms with Crippen molar-refractivity contribution in [2.75, 3.05) is 18.7 Å². The monoisotopic (exact) mass is 162 g/mol. The van der Waals surface area contributed by atoms with E-state index in [2.05, 4.69) is 6.26 Å². The molecule has 60 valence electrons.